The van der Waals surface area contributed by atoms with Gasteiger partial charge in [0.1, 0.15) is 11.6 Å². The first-order chi connectivity index (χ1) is 12.4. The van der Waals surface area contributed by atoms with E-state index in [0.29, 0.717) is 16.2 Å². The van der Waals surface area contributed by atoms with Gasteiger partial charge in [-0.3, -0.25) is 14.5 Å². The molecule has 0 aliphatic carbocycles. The Bertz CT molecular complexity index is 929. The standard InChI is InChI=1S/C19H15ClFNO3S/c1-11-3-4-12(7-16(11)25-2)8-17-18(23)22(19(24)26-17)10-13-5-6-14(21)9-15(13)20/h3-9H,10H2,1-2H3/b17-8+. The van der Waals surface area contributed by atoms with Crippen molar-refractivity contribution in [1.29, 1.82) is 0 Å². The zero-order valence-electron chi connectivity index (χ0n) is 14.1. The summed E-state index contributed by atoms with van der Waals surface area (Å²) in [7, 11) is 1.58. The molecule has 0 saturated carbocycles. The van der Waals surface area contributed by atoms with Crippen LogP contribution < -0.4 is 4.74 Å². The molecule has 7 heteroatoms. The van der Waals surface area contributed by atoms with Crippen LogP contribution in [0.4, 0.5) is 9.18 Å². The number of hydrogen-bond donors (Lipinski definition) is 0. The molecule has 0 aromatic heterocycles. The Morgan fingerprint density at radius 3 is 2.69 bits per heavy atom. The van der Waals surface area contributed by atoms with Crippen LogP contribution >= 0.6 is 23.4 Å². The molecule has 0 radical (unpaired) electrons. The van der Waals surface area contributed by atoms with Gasteiger partial charge in [-0.25, -0.2) is 4.39 Å². The van der Waals surface area contributed by atoms with E-state index in [4.69, 9.17) is 16.3 Å². The van der Waals surface area contributed by atoms with Crippen LogP contribution in [0, 0.1) is 12.7 Å². The molecule has 0 bridgehead atoms. The Hall–Kier alpha value is -2.31. The predicted octanol–water partition coefficient (Wildman–Crippen LogP) is 5.03. The third-order valence-electron chi connectivity index (χ3n) is 3.95. The Labute approximate surface area is 159 Å². The molecule has 2 aromatic rings. The molecule has 0 spiro atoms. The number of carbonyl (C=O) groups excluding carboxylic acids is 2. The van der Waals surface area contributed by atoms with E-state index in [1.165, 1.54) is 12.1 Å². The number of aryl methyl sites for hydroxylation is 1. The molecule has 26 heavy (non-hydrogen) atoms. The zero-order valence-corrected chi connectivity index (χ0v) is 15.7. The first kappa shape index (κ1) is 18.5. The van der Waals surface area contributed by atoms with Gasteiger partial charge in [-0.1, -0.05) is 29.8 Å². The van der Waals surface area contributed by atoms with Crippen LogP contribution in [0.15, 0.2) is 41.3 Å². The molecule has 1 aliphatic rings. The van der Waals surface area contributed by atoms with Crippen LogP contribution in [-0.2, 0) is 11.3 Å². The number of methoxy groups -OCH3 is 1. The van der Waals surface area contributed by atoms with Crippen LogP contribution in [0.3, 0.4) is 0 Å². The normalized spacial score (nSPS) is 15.8. The number of nitrogens with zero attached hydrogens (tertiary/aromatic N) is 1. The van der Waals surface area contributed by atoms with Crippen molar-refractivity contribution in [3.05, 3.63) is 68.8 Å². The van der Waals surface area contributed by atoms with E-state index in [-0.39, 0.29) is 16.8 Å². The summed E-state index contributed by atoms with van der Waals surface area (Å²) in [6.07, 6.45) is 1.65. The maximum absolute atomic E-state index is 13.2. The molecule has 0 unspecified atom stereocenters. The molecule has 3 rings (SSSR count). The maximum atomic E-state index is 13.2. The van der Waals surface area contributed by atoms with E-state index >= 15 is 0 Å². The average molecular weight is 392 g/mol. The molecular formula is C19H15ClFNO3S. The fraction of sp³-hybridized carbons (Fsp3) is 0.158. The Kier molecular flexibility index (Phi) is 5.34. The minimum atomic E-state index is -0.471. The number of amides is 2. The summed E-state index contributed by atoms with van der Waals surface area (Å²) < 4.78 is 18.4. The summed E-state index contributed by atoms with van der Waals surface area (Å²) in [5.74, 6) is -0.169. The van der Waals surface area contributed by atoms with E-state index < -0.39 is 11.7 Å². The second kappa shape index (κ2) is 7.51. The molecule has 0 atom stereocenters. The number of hydrogen-bond acceptors (Lipinski definition) is 4. The lowest BCUT2D eigenvalue weighted by Gasteiger charge is -2.13. The van der Waals surface area contributed by atoms with Gasteiger partial charge in [-0.15, -0.1) is 0 Å². The molecule has 1 aliphatic heterocycles. The summed E-state index contributed by atoms with van der Waals surface area (Å²) in [5.41, 5.74) is 2.25. The second-order valence-corrected chi connectivity index (χ2v) is 7.13. The van der Waals surface area contributed by atoms with Crippen LogP contribution in [-0.4, -0.2) is 23.2 Å². The predicted molar refractivity (Wildman–Crippen MR) is 101 cm³/mol. The highest BCUT2D eigenvalue weighted by molar-refractivity contribution is 8.18. The highest BCUT2D eigenvalue weighted by atomic mass is 35.5. The van der Waals surface area contributed by atoms with Crippen molar-refractivity contribution in [2.45, 2.75) is 13.5 Å². The molecule has 2 aromatic carbocycles. The molecule has 1 heterocycles. The van der Waals surface area contributed by atoms with Crippen molar-refractivity contribution >= 4 is 40.6 Å². The molecule has 2 amide bonds. The van der Waals surface area contributed by atoms with Crippen molar-refractivity contribution in [3.63, 3.8) is 0 Å². The first-order valence-corrected chi connectivity index (χ1v) is 8.92. The molecule has 0 N–H and O–H groups in total. The smallest absolute Gasteiger partial charge is 0.293 e. The lowest BCUT2D eigenvalue weighted by molar-refractivity contribution is -0.123. The number of imide groups is 1. The van der Waals surface area contributed by atoms with Crippen LogP contribution in [0.1, 0.15) is 16.7 Å². The fourth-order valence-electron chi connectivity index (χ4n) is 2.53. The van der Waals surface area contributed by atoms with Crippen molar-refractivity contribution in [2.75, 3.05) is 7.11 Å². The number of benzene rings is 2. The Morgan fingerprint density at radius 2 is 2.00 bits per heavy atom. The minimum absolute atomic E-state index is 0.00165. The van der Waals surface area contributed by atoms with Crippen molar-refractivity contribution < 1.29 is 18.7 Å². The molecule has 1 saturated heterocycles. The average Bonchev–Trinajstić information content (AvgIpc) is 2.86. The van der Waals surface area contributed by atoms with Gasteiger partial charge in [0.05, 0.1) is 18.6 Å². The van der Waals surface area contributed by atoms with Gasteiger partial charge in [-0.2, -0.15) is 0 Å². The molecule has 4 nitrogen and oxygen atoms in total. The number of halogens is 2. The highest BCUT2D eigenvalue weighted by Crippen LogP contribution is 2.34. The van der Waals surface area contributed by atoms with Gasteiger partial charge < -0.3 is 4.74 Å². The lowest BCUT2D eigenvalue weighted by Crippen LogP contribution is -2.27. The van der Waals surface area contributed by atoms with E-state index in [1.807, 2.05) is 19.1 Å². The minimum Gasteiger partial charge on any atom is -0.496 e. The lowest BCUT2D eigenvalue weighted by atomic mass is 10.1. The largest absolute Gasteiger partial charge is 0.496 e. The van der Waals surface area contributed by atoms with Crippen LogP contribution in [0.2, 0.25) is 5.02 Å². The summed E-state index contributed by atoms with van der Waals surface area (Å²) in [4.78, 5) is 26.2. The summed E-state index contributed by atoms with van der Waals surface area (Å²) in [5, 5.41) is -0.211. The fourth-order valence-corrected chi connectivity index (χ4v) is 3.60. The topological polar surface area (TPSA) is 46.6 Å². The SMILES string of the molecule is COc1cc(/C=C2/SC(=O)N(Cc3ccc(F)cc3Cl)C2=O)ccc1C. The number of ether oxygens (including phenoxy) is 1. The third kappa shape index (κ3) is 3.76. The van der Waals surface area contributed by atoms with E-state index in [0.717, 1.165) is 33.9 Å². The molecular weight excluding hydrogens is 377 g/mol. The van der Waals surface area contributed by atoms with Crippen molar-refractivity contribution in [3.8, 4) is 5.75 Å². The molecule has 1 fully saturated rings. The van der Waals surface area contributed by atoms with Crippen molar-refractivity contribution in [2.24, 2.45) is 0 Å². The molecule has 134 valence electrons. The summed E-state index contributed by atoms with van der Waals surface area (Å²) >= 11 is 6.86. The quantitative estimate of drug-likeness (QED) is 0.685. The number of carbonyl (C=O) groups is 2. The van der Waals surface area contributed by atoms with Gasteiger partial charge in [-0.05, 0) is 59.7 Å². The summed E-state index contributed by atoms with van der Waals surface area (Å²) in [6, 6.07) is 9.41. The maximum Gasteiger partial charge on any atom is 0.293 e. The first-order valence-electron chi connectivity index (χ1n) is 7.73. The van der Waals surface area contributed by atoms with Crippen molar-refractivity contribution in [1.82, 2.24) is 4.90 Å². The Morgan fingerprint density at radius 1 is 1.23 bits per heavy atom. The summed E-state index contributed by atoms with van der Waals surface area (Å²) in [6.45, 7) is 1.92. The van der Waals surface area contributed by atoms with Gasteiger partial charge in [0.15, 0.2) is 0 Å². The van der Waals surface area contributed by atoms with Gasteiger partial charge >= 0.3 is 0 Å². The van der Waals surface area contributed by atoms with Gasteiger partial charge in [0.25, 0.3) is 11.1 Å². The van der Waals surface area contributed by atoms with E-state index in [9.17, 15) is 14.0 Å². The van der Waals surface area contributed by atoms with Gasteiger partial charge in [0.2, 0.25) is 0 Å². The highest BCUT2D eigenvalue weighted by Gasteiger charge is 2.35. The second-order valence-electron chi connectivity index (χ2n) is 5.73. The van der Waals surface area contributed by atoms with Crippen LogP contribution in [0.25, 0.3) is 6.08 Å². The zero-order chi connectivity index (χ0) is 18.8. The Balaban J connectivity index is 1.84. The van der Waals surface area contributed by atoms with Crippen LogP contribution in [0.5, 0.6) is 5.75 Å². The van der Waals surface area contributed by atoms with E-state index in [1.54, 1.807) is 19.3 Å². The number of thioether (sulfide) groups is 1. The number of rotatable bonds is 4. The monoisotopic (exact) mass is 391 g/mol. The third-order valence-corrected chi connectivity index (χ3v) is 5.21. The van der Waals surface area contributed by atoms with Gasteiger partial charge in [0, 0.05) is 5.02 Å². The van der Waals surface area contributed by atoms with E-state index in [2.05, 4.69) is 0 Å².